The van der Waals surface area contributed by atoms with Gasteiger partial charge >= 0.3 is 5.97 Å². The molecule has 0 aliphatic heterocycles. The van der Waals surface area contributed by atoms with E-state index in [2.05, 4.69) is 10.2 Å². The van der Waals surface area contributed by atoms with E-state index in [-0.39, 0.29) is 27.1 Å². The van der Waals surface area contributed by atoms with Crippen molar-refractivity contribution in [2.75, 3.05) is 19.0 Å². The lowest BCUT2D eigenvalue weighted by Gasteiger charge is -2.21. The van der Waals surface area contributed by atoms with E-state index in [0.29, 0.717) is 5.82 Å². The molecule has 0 saturated carbocycles. The fourth-order valence-corrected chi connectivity index (χ4v) is 2.71. The number of carbonyl (C=O) groups is 1. The topological polar surface area (TPSA) is 75.5 Å². The van der Waals surface area contributed by atoms with Crippen molar-refractivity contribution in [2.45, 2.75) is 13.0 Å². The predicted octanol–water partition coefficient (Wildman–Crippen LogP) is 3.83. The van der Waals surface area contributed by atoms with Crippen molar-refractivity contribution >= 4 is 35.0 Å². The number of nitrogens with zero attached hydrogens (tertiary/aromatic N) is 3. The Kier molecular flexibility index (Phi) is 5.46. The zero-order valence-corrected chi connectivity index (χ0v) is 14.6. The number of hydrogen-bond acceptors (Lipinski definition) is 5. The Balaban J connectivity index is 2.45. The van der Waals surface area contributed by atoms with Gasteiger partial charge < -0.3 is 14.7 Å². The molecule has 0 spiro atoms. The van der Waals surface area contributed by atoms with Gasteiger partial charge in [0.15, 0.2) is 17.3 Å². The molecule has 6 nitrogen and oxygen atoms in total. The minimum atomic E-state index is -1.24. The maximum Gasteiger partial charge on any atom is 0.356 e. The molecule has 24 heavy (non-hydrogen) atoms. The highest BCUT2D eigenvalue weighted by Crippen LogP contribution is 2.36. The largest absolute Gasteiger partial charge is 0.482 e. The van der Waals surface area contributed by atoms with Crippen molar-refractivity contribution in [3.63, 3.8) is 0 Å². The van der Waals surface area contributed by atoms with Gasteiger partial charge in [0, 0.05) is 30.7 Å². The maximum absolute atomic E-state index is 13.7. The number of aromatic nitrogens is 2. The van der Waals surface area contributed by atoms with Crippen LogP contribution in [0.3, 0.4) is 0 Å². The number of carboxylic acids is 1. The summed E-state index contributed by atoms with van der Waals surface area (Å²) in [6, 6.07) is 3.77. The first-order valence-corrected chi connectivity index (χ1v) is 7.56. The first-order chi connectivity index (χ1) is 11.2. The van der Waals surface area contributed by atoms with E-state index in [0.717, 1.165) is 6.07 Å². The Labute approximate surface area is 147 Å². The SMILES string of the molecule is CC(Oc1cc(C(=O)O)nnc1N(C)C)c1c(Cl)ccc(F)c1Cl. The van der Waals surface area contributed by atoms with Gasteiger partial charge in [0.25, 0.3) is 0 Å². The Morgan fingerprint density at radius 1 is 1.33 bits per heavy atom. The Hall–Kier alpha value is -2.12. The number of aromatic carboxylic acids is 1. The summed E-state index contributed by atoms with van der Waals surface area (Å²) in [5.41, 5.74) is -0.0176. The van der Waals surface area contributed by atoms with Crippen LogP contribution in [0, 0.1) is 5.82 Å². The monoisotopic (exact) mass is 373 g/mol. The minimum absolute atomic E-state index is 0.151. The number of halogens is 3. The van der Waals surface area contributed by atoms with E-state index >= 15 is 0 Å². The molecule has 0 amide bonds. The first-order valence-electron chi connectivity index (χ1n) is 6.80. The van der Waals surface area contributed by atoms with Crippen LogP contribution in [0.4, 0.5) is 10.2 Å². The molecule has 1 heterocycles. The third-order valence-corrected chi connectivity index (χ3v) is 3.89. The maximum atomic E-state index is 13.7. The van der Waals surface area contributed by atoms with Gasteiger partial charge in [-0.2, -0.15) is 0 Å². The van der Waals surface area contributed by atoms with E-state index < -0.39 is 17.9 Å². The molecule has 1 aromatic heterocycles. The molecule has 0 radical (unpaired) electrons. The fraction of sp³-hybridized carbons (Fsp3) is 0.267. The normalized spacial score (nSPS) is 11.9. The van der Waals surface area contributed by atoms with Crippen LogP contribution in [0.1, 0.15) is 29.1 Å². The summed E-state index contributed by atoms with van der Waals surface area (Å²) >= 11 is 12.1. The summed E-state index contributed by atoms with van der Waals surface area (Å²) in [6.07, 6.45) is -0.745. The lowest BCUT2D eigenvalue weighted by atomic mass is 10.1. The summed E-state index contributed by atoms with van der Waals surface area (Å²) in [5.74, 6) is -1.39. The highest BCUT2D eigenvalue weighted by atomic mass is 35.5. The third kappa shape index (κ3) is 3.68. The standard InChI is InChI=1S/C15H14Cl2FN3O3/c1-7(12-8(16)4-5-9(18)13(12)17)24-11-6-10(15(22)23)19-20-14(11)21(2)3/h4-7H,1-3H3,(H,22,23). The van der Waals surface area contributed by atoms with Gasteiger partial charge in [-0.1, -0.05) is 23.2 Å². The van der Waals surface area contributed by atoms with Crippen LogP contribution >= 0.6 is 23.2 Å². The smallest absolute Gasteiger partial charge is 0.356 e. The van der Waals surface area contributed by atoms with Crippen LogP contribution in [-0.2, 0) is 0 Å². The van der Waals surface area contributed by atoms with Gasteiger partial charge in [0.2, 0.25) is 0 Å². The second-order valence-corrected chi connectivity index (χ2v) is 5.92. The van der Waals surface area contributed by atoms with Gasteiger partial charge in [0.05, 0.1) is 5.02 Å². The van der Waals surface area contributed by atoms with Crippen molar-refractivity contribution in [2.24, 2.45) is 0 Å². The number of anilines is 1. The summed E-state index contributed by atoms with van der Waals surface area (Å²) in [6.45, 7) is 1.62. The van der Waals surface area contributed by atoms with Gasteiger partial charge in [-0.05, 0) is 19.1 Å². The molecular formula is C15H14Cl2FN3O3. The van der Waals surface area contributed by atoms with Gasteiger partial charge in [-0.25, -0.2) is 9.18 Å². The summed E-state index contributed by atoms with van der Waals surface area (Å²) in [7, 11) is 3.40. The molecule has 0 saturated heterocycles. The van der Waals surface area contributed by atoms with Crippen LogP contribution in [-0.4, -0.2) is 35.4 Å². The van der Waals surface area contributed by atoms with Crippen molar-refractivity contribution in [3.05, 3.63) is 45.3 Å². The number of ether oxygens (including phenoxy) is 1. The van der Waals surface area contributed by atoms with Crippen molar-refractivity contribution in [3.8, 4) is 5.75 Å². The molecule has 1 unspecified atom stereocenters. The Morgan fingerprint density at radius 2 is 2.00 bits per heavy atom. The van der Waals surface area contributed by atoms with Crippen LogP contribution < -0.4 is 9.64 Å². The van der Waals surface area contributed by atoms with Gasteiger partial charge in [-0.3, -0.25) is 0 Å². The number of benzene rings is 1. The van der Waals surface area contributed by atoms with Crippen LogP contribution in [0.5, 0.6) is 5.75 Å². The second-order valence-electron chi connectivity index (χ2n) is 5.13. The molecule has 1 aromatic carbocycles. The highest BCUT2D eigenvalue weighted by molar-refractivity contribution is 6.36. The summed E-state index contributed by atoms with van der Waals surface area (Å²) in [5, 5.41) is 16.6. The number of carboxylic acid groups (broad SMARTS) is 1. The second kappa shape index (κ2) is 7.19. The van der Waals surface area contributed by atoms with Crippen LogP contribution in [0.15, 0.2) is 18.2 Å². The van der Waals surface area contributed by atoms with Crippen molar-refractivity contribution < 1.29 is 19.0 Å². The molecule has 128 valence electrons. The van der Waals surface area contributed by atoms with E-state index in [1.54, 1.807) is 25.9 Å². The molecule has 0 bridgehead atoms. The van der Waals surface area contributed by atoms with E-state index in [4.69, 9.17) is 33.0 Å². The molecule has 1 N–H and O–H groups in total. The highest BCUT2D eigenvalue weighted by Gasteiger charge is 2.22. The molecule has 2 aromatic rings. The van der Waals surface area contributed by atoms with Crippen LogP contribution in [0.2, 0.25) is 10.0 Å². The molecule has 1 atom stereocenters. The zero-order chi connectivity index (χ0) is 18.0. The molecule has 2 rings (SSSR count). The summed E-state index contributed by atoms with van der Waals surface area (Å²) < 4.78 is 19.4. The average molecular weight is 374 g/mol. The molecule has 0 aliphatic rings. The Bertz CT molecular complexity index is 787. The van der Waals surface area contributed by atoms with E-state index in [1.807, 2.05) is 0 Å². The first kappa shape index (κ1) is 18.2. The molecular weight excluding hydrogens is 360 g/mol. The lowest BCUT2D eigenvalue weighted by Crippen LogP contribution is -2.16. The Morgan fingerprint density at radius 3 is 2.58 bits per heavy atom. The predicted molar refractivity (Wildman–Crippen MR) is 88.8 cm³/mol. The van der Waals surface area contributed by atoms with Crippen molar-refractivity contribution in [1.82, 2.24) is 10.2 Å². The fourth-order valence-electron chi connectivity index (χ4n) is 2.03. The number of hydrogen-bond donors (Lipinski definition) is 1. The summed E-state index contributed by atoms with van der Waals surface area (Å²) in [4.78, 5) is 12.7. The van der Waals surface area contributed by atoms with Crippen LogP contribution in [0.25, 0.3) is 0 Å². The van der Waals surface area contributed by atoms with Gasteiger partial charge in [-0.15, -0.1) is 10.2 Å². The zero-order valence-electron chi connectivity index (χ0n) is 13.0. The molecule has 9 heteroatoms. The third-order valence-electron chi connectivity index (χ3n) is 3.17. The van der Waals surface area contributed by atoms with Crippen molar-refractivity contribution in [1.29, 1.82) is 0 Å². The lowest BCUT2D eigenvalue weighted by molar-refractivity contribution is 0.0688. The van der Waals surface area contributed by atoms with E-state index in [9.17, 15) is 9.18 Å². The number of rotatable bonds is 5. The molecule has 0 fully saturated rings. The van der Waals surface area contributed by atoms with Gasteiger partial charge in [0.1, 0.15) is 11.9 Å². The average Bonchev–Trinajstić information content (AvgIpc) is 2.51. The molecule has 0 aliphatic carbocycles. The van der Waals surface area contributed by atoms with E-state index in [1.165, 1.54) is 12.1 Å². The minimum Gasteiger partial charge on any atom is -0.482 e. The quantitative estimate of drug-likeness (QED) is 0.802.